The summed E-state index contributed by atoms with van der Waals surface area (Å²) in [7, 11) is 1.63. The van der Waals surface area contributed by atoms with Gasteiger partial charge in [-0.25, -0.2) is 0 Å². The summed E-state index contributed by atoms with van der Waals surface area (Å²) in [5.41, 5.74) is 2.18. The first-order valence-electron chi connectivity index (χ1n) is 9.80. The fraction of sp³-hybridized carbons (Fsp3) is 0.391. The smallest absolute Gasteiger partial charge is 0.312 e. The van der Waals surface area contributed by atoms with Crippen molar-refractivity contribution in [3.8, 4) is 5.75 Å². The number of fused-ring (bicyclic) bond motifs is 1. The molecular formula is C23H25NO4. The molecule has 1 heterocycles. The van der Waals surface area contributed by atoms with Gasteiger partial charge in [0.15, 0.2) is 0 Å². The van der Waals surface area contributed by atoms with Gasteiger partial charge >= 0.3 is 5.97 Å². The van der Waals surface area contributed by atoms with E-state index in [0.717, 1.165) is 48.1 Å². The van der Waals surface area contributed by atoms with Crippen molar-refractivity contribution in [2.45, 2.75) is 43.6 Å². The normalized spacial score (nSPS) is 20.5. The van der Waals surface area contributed by atoms with Crippen molar-refractivity contribution in [1.29, 1.82) is 0 Å². The maximum absolute atomic E-state index is 13.8. The molecule has 1 saturated carbocycles. The van der Waals surface area contributed by atoms with E-state index in [1.807, 2.05) is 48.5 Å². The molecule has 2 aromatic rings. The molecule has 1 atom stereocenters. The molecule has 4 rings (SSSR count). The average molecular weight is 379 g/mol. The Balaban J connectivity index is 1.69. The van der Waals surface area contributed by atoms with E-state index >= 15 is 0 Å². The Hall–Kier alpha value is -2.82. The predicted molar refractivity (Wildman–Crippen MR) is 105 cm³/mol. The number of amides is 1. The van der Waals surface area contributed by atoms with Crippen LogP contribution in [0, 0.1) is 0 Å². The van der Waals surface area contributed by atoms with Crippen LogP contribution in [-0.2, 0) is 21.5 Å². The number of aliphatic carboxylic acids is 1. The molecule has 0 spiro atoms. The second-order valence-electron chi connectivity index (χ2n) is 7.79. The van der Waals surface area contributed by atoms with E-state index in [2.05, 4.69) is 0 Å². The summed E-state index contributed by atoms with van der Waals surface area (Å²) in [4.78, 5) is 27.4. The zero-order valence-electron chi connectivity index (χ0n) is 16.1. The van der Waals surface area contributed by atoms with E-state index in [4.69, 9.17) is 4.74 Å². The Morgan fingerprint density at radius 1 is 1.07 bits per heavy atom. The number of rotatable bonds is 4. The first kappa shape index (κ1) is 18.5. The number of ether oxygens (including phenoxy) is 1. The Labute approximate surface area is 164 Å². The van der Waals surface area contributed by atoms with Crippen LogP contribution < -0.4 is 4.74 Å². The van der Waals surface area contributed by atoms with Crippen LogP contribution in [0.1, 0.15) is 48.3 Å². The van der Waals surface area contributed by atoms with Gasteiger partial charge in [0, 0.05) is 13.1 Å². The molecule has 5 nitrogen and oxygen atoms in total. The molecular weight excluding hydrogens is 354 g/mol. The third kappa shape index (κ3) is 3.05. The molecule has 2 aromatic carbocycles. The van der Waals surface area contributed by atoms with Crippen molar-refractivity contribution < 1.29 is 19.4 Å². The summed E-state index contributed by atoms with van der Waals surface area (Å²) in [6, 6.07) is 15.3. The summed E-state index contributed by atoms with van der Waals surface area (Å²) in [6.07, 6.45) is 3.61. The monoisotopic (exact) mass is 379 g/mol. The van der Waals surface area contributed by atoms with Gasteiger partial charge in [-0.05, 0) is 41.7 Å². The minimum Gasteiger partial charge on any atom is -0.497 e. The molecule has 1 aliphatic heterocycles. The molecule has 0 radical (unpaired) electrons. The van der Waals surface area contributed by atoms with Gasteiger partial charge in [0.25, 0.3) is 0 Å². The molecule has 1 amide bonds. The van der Waals surface area contributed by atoms with Crippen LogP contribution in [0.25, 0.3) is 0 Å². The molecule has 5 heteroatoms. The number of benzene rings is 2. The van der Waals surface area contributed by atoms with Crippen LogP contribution in [0.5, 0.6) is 5.75 Å². The standard InChI is InChI=1S/C23H25NO4/c1-28-18-10-8-17(9-11-18)23(12-4-5-13-23)22(27)24-14-16-6-2-3-7-19(16)20(15-24)21(25)26/h2-3,6-11,20H,4-5,12-15H2,1H3,(H,25,26). The number of methoxy groups -OCH3 is 1. The van der Waals surface area contributed by atoms with E-state index < -0.39 is 17.3 Å². The Kier molecular flexibility index (Phi) is 4.84. The Morgan fingerprint density at radius 2 is 1.75 bits per heavy atom. The first-order chi connectivity index (χ1) is 13.5. The molecule has 1 unspecified atom stereocenters. The lowest BCUT2D eigenvalue weighted by Gasteiger charge is -2.39. The molecule has 1 N–H and O–H groups in total. The number of carboxylic acids is 1. The van der Waals surface area contributed by atoms with E-state index in [9.17, 15) is 14.7 Å². The highest BCUT2D eigenvalue weighted by molar-refractivity contribution is 5.90. The highest BCUT2D eigenvalue weighted by Gasteiger charge is 2.46. The third-order valence-corrected chi connectivity index (χ3v) is 6.29. The van der Waals surface area contributed by atoms with Crippen LogP contribution in [0.2, 0.25) is 0 Å². The second kappa shape index (κ2) is 7.30. The van der Waals surface area contributed by atoms with Gasteiger partial charge in [0.2, 0.25) is 5.91 Å². The van der Waals surface area contributed by atoms with E-state index in [0.29, 0.717) is 6.54 Å². The fourth-order valence-electron chi connectivity index (χ4n) is 4.79. The molecule has 0 saturated heterocycles. The lowest BCUT2D eigenvalue weighted by molar-refractivity contribution is -0.143. The predicted octanol–water partition coefficient (Wildman–Crippen LogP) is 3.72. The van der Waals surface area contributed by atoms with Crippen molar-refractivity contribution in [3.63, 3.8) is 0 Å². The molecule has 28 heavy (non-hydrogen) atoms. The van der Waals surface area contributed by atoms with E-state index in [1.165, 1.54) is 0 Å². The number of carbonyl (C=O) groups is 2. The quantitative estimate of drug-likeness (QED) is 0.879. The van der Waals surface area contributed by atoms with E-state index in [1.54, 1.807) is 12.0 Å². The summed E-state index contributed by atoms with van der Waals surface area (Å²) in [6.45, 7) is 0.694. The van der Waals surface area contributed by atoms with Crippen LogP contribution in [0.4, 0.5) is 0 Å². The number of carbonyl (C=O) groups excluding carboxylic acids is 1. The minimum absolute atomic E-state index is 0.0518. The van der Waals surface area contributed by atoms with Crippen molar-refractivity contribution >= 4 is 11.9 Å². The van der Waals surface area contributed by atoms with Gasteiger partial charge in [0.05, 0.1) is 18.4 Å². The van der Waals surface area contributed by atoms with Crippen molar-refractivity contribution in [2.75, 3.05) is 13.7 Å². The number of hydrogen-bond acceptors (Lipinski definition) is 3. The molecule has 0 bridgehead atoms. The van der Waals surface area contributed by atoms with Crippen LogP contribution >= 0.6 is 0 Å². The molecule has 1 fully saturated rings. The fourth-order valence-corrected chi connectivity index (χ4v) is 4.79. The van der Waals surface area contributed by atoms with Gasteiger partial charge in [-0.15, -0.1) is 0 Å². The highest BCUT2D eigenvalue weighted by atomic mass is 16.5. The minimum atomic E-state index is -0.880. The van der Waals surface area contributed by atoms with E-state index in [-0.39, 0.29) is 12.5 Å². The molecule has 146 valence electrons. The highest BCUT2D eigenvalue weighted by Crippen LogP contribution is 2.44. The van der Waals surface area contributed by atoms with Crippen molar-refractivity contribution in [3.05, 3.63) is 65.2 Å². The molecule has 2 aliphatic rings. The Morgan fingerprint density at radius 3 is 2.39 bits per heavy atom. The maximum Gasteiger partial charge on any atom is 0.312 e. The zero-order chi connectivity index (χ0) is 19.7. The van der Waals surface area contributed by atoms with Crippen LogP contribution in [0.3, 0.4) is 0 Å². The number of nitrogens with zero attached hydrogens (tertiary/aromatic N) is 1. The van der Waals surface area contributed by atoms with Gasteiger partial charge in [-0.1, -0.05) is 49.2 Å². The maximum atomic E-state index is 13.8. The van der Waals surface area contributed by atoms with Gasteiger partial charge in [-0.3, -0.25) is 9.59 Å². The topological polar surface area (TPSA) is 66.8 Å². The third-order valence-electron chi connectivity index (χ3n) is 6.29. The van der Waals surface area contributed by atoms with Gasteiger partial charge < -0.3 is 14.7 Å². The van der Waals surface area contributed by atoms with Crippen molar-refractivity contribution in [1.82, 2.24) is 4.90 Å². The van der Waals surface area contributed by atoms with Crippen LogP contribution in [-0.4, -0.2) is 35.5 Å². The lowest BCUT2D eigenvalue weighted by atomic mass is 9.76. The second-order valence-corrected chi connectivity index (χ2v) is 7.79. The Bertz CT molecular complexity index is 884. The zero-order valence-corrected chi connectivity index (χ0v) is 16.1. The lowest BCUT2D eigenvalue weighted by Crippen LogP contribution is -2.49. The molecule has 0 aromatic heterocycles. The van der Waals surface area contributed by atoms with Gasteiger partial charge in [-0.2, -0.15) is 0 Å². The summed E-state index contributed by atoms with van der Waals surface area (Å²) in [5, 5.41) is 9.74. The number of hydrogen-bond donors (Lipinski definition) is 1. The summed E-state index contributed by atoms with van der Waals surface area (Å²) >= 11 is 0. The number of carboxylic acid groups (broad SMARTS) is 1. The average Bonchev–Trinajstić information content (AvgIpc) is 3.23. The van der Waals surface area contributed by atoms with Gasteiger partial charge in [0.1, 0.15) is 5.75 Å². The largest absolute Gasteiger partial charge is 0.497 e. The summed E-state index contributed by atoms with van der Waals surface area (Å²) < 4.78 is 5.26. The SMILES string of the molecule is COc1ccc(C2(C(=O)N3Cc4ccccc4C(C(=O)O)C3)CCCC2)cc1. The molecule has 1 aliphatic carbocycles. The summed E-state index contributed by atoms with van der Waals surface area (Å²) in [5.74, 6) is -0.740. The van der Waals surface area contributed by atoms with Crippen molar-refractivity contribution in [2.24, 2.45) is 0 Å². The van der Waals surface area contributed by atoms with Crippen LogP contribution in [0.15, 0.2) is 48.5 Å². The first-order valence-corrected chi connectivity index (χ1v) is 9.80.